The van der Waals surface area contributed by atoms with Gasteiger partial charge in [0.25, 0.3) is 0 Å². The monoisotopic (exact) mass is 440 g/mol. The van der Waals surface area contributed by atoms with Crippen LogP contribution in [-0.2, 0) is 5.54 Å². The van der Waals surface area contributed by atoms with E-state index in [9.17, 15) is 0 Å². The molecule has 2 nitrogen and oxygen atoms in total. The molecule has 2 aromatic rings. The summed E-state index contributed by atoms with van der Waals surface area (Å²) in [5.74, 6) is 1.53. The molecular weight excluding hydrogens is 400 g/mol. The summed E-state index contributed by atoms with van der Waals surface area (Å²) in [4.78, 5) is 5.62. The molecule has 2 aliphatic heterocycles. The first-order valence-electron chi connectivity index (χ1n) is 13.6. The Hall–Kier alpha value is -2.22. The number of fused-ring (bicyclic) bond motifs is 3. The molecule has 0 spiro atoms. The minimum atomic E-state index is 0.158. The zero-order chi connectivity index (χ0) is 22.6. The molecule has 33 heavy (non-hydrogen) atoms. The van der Waals surface area contributed by atoms with Crippen LogP contribution in [0.2, 0.25) is 0 Å². The van der Waals surface area contributed by atoms with E-state index < -0.39 is 0 Å². The Labute approximate surface area is 200 Å². The van der Waals surface area contributed by atoms with Crippen LogP contribution in [0, 0.1) is 18.8 Å². The number of nitrogens with zero attached hydrogens (tertiary/aromatic N) is 2. The summed E-state index contributed by atoms with van der Waals surface area (Å²) in [6.07, 6.45) is 14.4. The lowest BCUT2D eigenvalue weighted by atomic mass is 9.61. The number of anilines is 1. The Balaban J connectivity index is 1.59. The van der Waals surface area contributed by atoms with Crippen molar-refractivity contribution in [3.63, 3.8) is 0 Å². The minimum Gasteiger partial charge on any atom is -0.339 e. The molecule has 2 saturated carbocycles. The maximum Gasteiger partial charge on any atom is 0.104 e. The van der Waals surface area contributed by atoms with Gasteiger partial charge in [-0.25, -0.2) is 0 Å². The van der Waals surface area contributed by atoms with Crippen molar-refractivity contribution in [3.05, 3.63) is 70.9 Å². The molecule has 6 rings (SSSR count). The highest BCUT2D eigenvalue weighted by atomic mass is 15.5. The molecule has 0 saturated heterocycles. The normalized spacial score (nSPS) is 25.5. The third-order valence-electron chi connectivity index (χ3n) is 9.53. The number of allylic oxidation sites excluding steroid dienone is 1. The number of para-hydroxylation sites is 1. The zero-order valence-corrected chi connectivity index (χ0v) is 20.8. The lowest BCUT2D eigenvalue weighted by Crippen LogP contribution is -2.57. The number of rotatable bonds is 3. The molecule has 0 aromatic heterocycles. The van der Waals surface area contributed by atoms with Crippen molar-refractivity contribution >= 4 is 11.4 Å². The van der Waals surface area contributed by atoms with Gasteiger partial charge < -0.3 is 9.80 Å². The third kappa shape index (κ3) is 2.98. The van der Waals surface area contributed by atoms with Gasteiger partial charge in [0.15, 0.2) is 0 Å². The fourth-order valence-corrected chi connectivity index (χ4v) is 8.33. The molecule has 0 bridgehead atoms. The second-order valence-electron chi connectivity index (χ2n) is 11.1. The van der Waals surface area contributed by atoms with E-state index in [-0.39, 0.29) is 5.54 Å². The van der Waals surface area contributed by atoms with Crippen molar-refractivity contribution < 1.29 is 0 Å². The molecule has 2 aromatic carbocycles. The van der Waals surface area contributed by atoms with Gasteiger partial charge in [0.05, 0.1) is 11.2 Å². The van der Waals surface area contributed by atoms with Gasteiger partial charge in [-0.2, -0.15) is 0 Å². The highest BCUT2D eigenvalue weighted by Gasteiger charge is 2.60. The molecule has 2 aliphatic carbocycles. The van der Waals surface area contributed by atoms with Crippen LogP contribution in [0.5, 0.6) is 0 Å². The summed E-state index contributed by atoms with van der Waals surface area (Å²) < 4.78 is 0. The summed E-state index contributed by atoms with van der Waals surface area (Å²) in [6, 6.07) is 18.5. The van der Waals surface area contributed by atoms with Crippen molar-refractivity contribution in [1.29, 1.82) is 0 Å². The van der Waals surface area contributed by atoms with E-state index in [4.69, 9.17) is 0 Å². The Morgan fingerprint density at radius 3 is 1.94 bits per heavy atom. The largest absolute Gasteiger partial charge is 0.339 e. The van der Waals surface area contributed by atoms with E-state index in [0.29, 0.717) is 6.17 Å². The maximum absolute atomic E-state index is 2.96. The van der Waals surface area contributed by atoms with E-state index in [0.717, 1.165) is 11.8 Å². The first-order chi connectivity index (χ1) is 16.2. The van der Waals surface area contributed by atoms with E-state index in [1.807, 2.05) is 0 Å². The molecule has 2 heteroatoms. The molecule has 0 N–H and O–H groups in total. The minimum absolute atomic E-state index is 0.158. The van der Waals surface area contributed by atoms with Gasteiger partial charge in [0, 0.05) is 16.9 Å². The van der Waals surface area contributed by atoms with Gasteiger partial charge in [0.2, 0.25) is 0 Å². The van der Waals surface area contributed by atoms with E-state index in [1.54, 1.807) is 5.56 Å². The molecule has 174 valence electrons. The average molecular weight is 441 g/mol. The van der Waals surface area contributed by atoms with Crippen molar-refractivity contribution in [2.45, 2.75) is 96.7 Å². The summed E-state index contributed by atoms with van der Waals surface area (Å²) in [7, 11) is 0. The molecule has 0 amide bonds. The molecule has 2 heterocycles. The standard InChI is InChI=1S/C31H40N2/c1-22-14-10-13-21-29(22)32-23(2)30-27-19-11-12-20-28(27)31(33(30)24(32)3,25-15-6-4-7-16-25)26-17-8-5-9-18-26/h10-14,19-21,24-26H,4-9,15-18H2,1-3H3. The number of aryl methyl sites for hydroxylation is 1. The predicted molar refractivity (Wildman–Crippen MR) is 139 cm³/mol. The average Bonchev–Trinajstić information content (AvgIpc) is 3.31. The van der Waals surface area contributed by atoms with Gasteiger partial charge in [-0.1, -0.05) is 81.0 Å². The highest BCUT2D eigenvalue weighted by Crippen LogP contribution is 2.63. The van der Waals surface area contributed by atoms with Crippen molar-refractivity contribution in [3.8, 4) is 0 Å². The highest BCUT2D eigenvalue weighted by molar-refractivity contribution is 5.83. The lowest BCUT2D eigenvalue weighted by molar-refractivity contribution is -0.0195. The van der Waals surface area contributed by atoms with Gasteiger partial charge >= 0.3 is 0 Å². The van der Waals surface area contributed by atoms with Crippen LogP contribution in [0.4, 0.5) is 5.69 Å². The predicted octanol–water partition coefficient (Wildman–Crippen LogP) is 8.22. The van der Waals surface area contributed by atoms with Crippen LogP contribution in [-0.4, -0.2) is 11.1 Å². The molecule has 4 aliphatic rings. The molecule has 1 unspecified atom stereocenters. The van der Waals surface area contributed by atoms with E-state index in [1.165, 1.54) is 92.4 Å². The first kappa shape index (κ1) is 21.3. The fraction of sp³-hybridized carbons (Fsp3) is 0.548. The van der Waals surface area contributed by atoms with Crippen molar-refractivity contribution in [1.82, 2.24) is 4.90 Å². The van der Waals surface area contributed by atoms with Crippen LogP contribution in [0.15, 0.2) is 54.2 Å². The summed E-state index contributed by atoms with van der Waals surface area (Å²) >= 11 is 0. The number of hydrogen-bond donors (Lipinski definition) is 0. The van der Waals surface area contributed by atoms with Crippen molar-refractivity contribution in [2.75, 3.05) is 4.90 Å². The smallest absolute Gasteiger partial charge is 0.104 e. The molecule has 2 fully saturated rings. The molecule has 1 atom stereocenters. The topological polar surface area (TPSA) is 6.48 Å². The Morgan fingerprint density at radius 1 is 0.727 bits per heavy atom. The molecule has 0 radical (unpaired) electrons. The van der Waals surface area contributed by atoms with Crippen LogP contribution in [0.3, 0.4) is 0 Å². The van der Waals surface area contributed by atoms with Crippen LogP contribution >= 0.6 is 0 Å². The van der Waals surface area contributed by atoms with Crippen LogP contribution in [0.25, 0.3) is 5.70 Å². The summed E-state index contributed by atoms with van der Waals surface area (Å²) in [5, 5.41) is 0. The summed E-state index contributed by atoms with van der Waals surface area (Å²) in [5.41, 5.74) is 9.06. The summed E-state index contributed by atoms with van der Waals surface area (Å²) in [6.45, 7) is 7.13. The number of benzene rings is 2. The Bertz CT molecular complexity index is 1040. The van der Waals surface area contributed by atoms with Gasteiger partial charge in [-0.05, 0) is 75.5 Å². The first-order valence-corrected chi connectivity index (χ1v) is 13.6. The second kappa shape index (κ2) is 8.22. The maximum atomic E-state index is 2.96. The van der Waals surface area contributed by atoms with Crippen LogP contribution < -0.4 is 4.90 Å². The van der Waals surface area contributed by atoms with E-state index >= 15 is 0 Å². The fourth-order valence-electron chi connectivity index (χ4n) is 8.33. The lowest BCUT2D eigenvalue weighted by Gasteiger charge is -2.54. The Kier molecular flexibility index (Phi) is 5.31. The quantitative estimate of drug-likeness (QED) is 0.474. The van der Waals surface area contributed by atoms with E-state index in [2.05, 4.69) is 79.1 Å². The van der Waals surface area contributed by atoms with Gasteiger partial charge in [-0.15, -0.1) is 0 Å². The van der Waals surface area contributed by atoms with Crippen LogP contribution in [0.1, 0.15) is 94.7 Å². The molecular formula is C31H40N2. The van der Waals surface area contributed by atoms with Crippen molar-refractivity contribution in [2.24, 2.45) is 11.8 Å². The second-order valence-corrected chi connectivity index (χ2v) is 11.1. The third-order valence-corrected chi connectivity index (χ3v) is 9.53. The van der Waals surface area contributed by atoms with Gasteiger partial charge in [-0.3, -0.25) is 0 Å². The van der Waals surface area contributed by atoms with Gasteiger partial charge in [0.1, 0.15) is 6.17 Å². The zero-order valence-electron chi connectivity index (χ0n) is 20.8. The SMILES string of the molecule is CC1=C2c3ccccc3C(C3CCCCC3)(C3CCCCC3)N2C(C)N1c1ccccc1C. The Morgan fingerprint density at radius 2 is 1.30 bits per heavy atom. The number of hydrogen-bond acceptors (Lipinski definition) is 2.